The van der Waals surface area contributed by atoms with Crippen molar-refractivity contribution in [1.82, 2.24) is 25.2 Å². The summed E-state index contributed by atoms with van der Waals surface area (Å²) in [5, 5.41) is 8.99. The molecule has 11 heteroatoms. The van der Waals surface area contributed by atoms with Crippen LogP contribution in [0.25, 0.3) is 0 Å². The lowest BCUT2D eigenvalue weighted by molar-refractivity contribution is -0.141. The van der Waals surface area contributed by atoms with E-state index in [0.29, 0.717) is 13.0 Å². The second-order valence-electron chi connectivity index (χ2n) is 11.4. The van der Waals surface area contributed by atoms with E-state index in [0.717, 1.165) is 43.9 Å². The van der Waals surface area contributed by atoms with E-state index in [2.05, 4.69) is 16.0 Å². The number of hydrogen-bond donors (Lipinski definition) is 3. The molecular weight excluding hydrogens is 518 g/mol. The Bertz CT molecular complexity index is 1140. The molecule has 0 spiro atoms. The van der Waals surface area contributed by atoms with Gasteiger partial charge in [0.15, 0.2) is 0 Å². The minimum atomic E-state index is -3.59. The van der Waals surface area contributed by atoms with Gasteiger partial charge in [-0.2, -0.15) is 4.31 Å². The molecule has 6 atom stereocenters. The molecule has 3 fully saturated rings. The van der Waals surface area contributed by atoms with Gasteiger partial charge in [-0.1, -0.05) is 49.6 Å². The van der Waals surface area contributed by atoms with Crippen molar-refractivity contribution < 1.29 is 22.8 Å². The molecule has 3 amide bonds. The van der Waals surface area contributed by atoms with Crippen LogP contribution in [0, 0.1) is 11.8 Å². The maximum Gasteiger partial charge on any atom is 0.245 e. The monoisotopic (exact) mass is 561 g/mol. The molecule has 1 aromatic carbocycles. The van der Waals surface area contributed by atoms with Crippen molar-refractivity contribution in [1.29, 1.82) is 0 Å². The molecule has 2 saturated heterocycles. The Labute approximate surface area is 232 Å². The Kier molecular flexibility index (Phi) is 9.33. The average Bonchev–Trinajstić information content (AvgIpc) is 3.52. The van der Waals surface area contributed by atoms with E-state index in [4.69, 9.17) is 0 Å². The number of likely N-dealkylation sites (N-methyl/N-ethyl adjacent to an activating group) is 1. The summed E-state index contributed by atoms with van der Waals surface area (Å²) in [6.45, 7) is 4.02. The number of nitrogens with one attached hydrogen (secondary N) is 3. The first kappa shape index (κ1) is 29.5. The zero-order valence-electron chi connectivity index (χ0n) is 23.4. The van der Waals surface area contributed by atoms with Gasteiger partial charge in [0.2, 0.25) is 27.7 Å². The van der Waals surface area contributed by atoms with Crippen LogP contribution in [0.1, 0.15) is 64.0 Å². The molecular formula is C28H43N5O5S. The minimum Gasteiger partial charge on any atom is -0.349 e. The molecule has 3 aliphatic rings. The molecule has 216 valence electrons. The van der Waals surface area contributed by atoms with Gasteiger partial charge in [-0.15, -0.1) is 0 Å². The summed E-state index contributed by atoms with van der Waals surface area (Å²) in [4.78, 5) is 42.4. The van der Waals surface area contributed by atoms with Crippen LogP contribution in [0.15, 0.2) is 30.3 Å². The number of fused-ring (bicyclic) bond motifs is 1. The molecule has 2 heterocycles. The molecule has 0 radical (unpaired) electrons. The summed E-state index contributed by atoms with van der Waals surface area (Å²) in [6, 6.07) is 7.09. The highest BCUT2D eigenvalue weighted by molar-refractivity contribution is 7.88. The highest BCUT2D eigenvalue weighted by Gasteiger charge is 2.56. The number of carbonyl (C=O) groups is 3. The standard InChI is InChI=1S/C28H43N5O5S/c1-18(20-11-7-5-8-12-20)30-27(35)22-17-33(39(4,37)38)23-15-16-32(25(22)23)28(36)24(21-13-9-6-10-14-21)31-26(34)19(2)29-3/h5,7-8,11-12,18-19,21-25,29H,6,9-10,13-17H2,1-4H3,(H,30,35)(H,31,34). The number of carbonyl (C=O) groups excluding carboxylic acids is 3. The fourth-order valence-electron chi connectivity index (χ4n) is 6.49. The Morgan fingerprint density at radius 2 is 1.64 bits per heavy atom. The lowest BCUT2D eigenvalue weighted by atomic mass is 9.83. The van der Waals surface area contributed by atoms with Crippen LogP contribution in [-0.4, -0.2) is 85.9 Å². The van der Waals surface area contributed by atoms with E-state index in [9.17, 15) is 22.8 Å². The first-order chi connectivity index (χ1) is 18.5. The van der Waals surface area contributed by atoms with Gasteiger partial charge in [0.25, 0.3) is 0 Å². The first-order valence-corrected chi connectivity index (χ1v) is 16.0. The fraction of sp³-hybridized carbons (Fsp3) is 0.679. The first-order valence-electron chi connectivity index (χ1n) is 14.1. The largest absolute Gasteiger partial charge is 0.349 e. The Balaban J connectivity index is 1.60. The van der Waals surface area contributed by atoms with Gasteiger partial charge >= 0.3 is 0 Å². The lowest BCUT2D eigenvalue weighted by Crippen LogP contribution is -2.58. The molecule has 1 saturated carbocycles. The van der Waals surface area contributed by atoms with Crippen molar-refractivity contribution in [3.63, 3.8) is 0 Å². The highest BCUT2D eigenvalue weighted by atomic mass is 32.2. The van der Waals surface area contributed by atoms with Gasteiger partial charge in [0.05, 0.1) is 30.3 Å². The SMILES string of the molecule is CNC(C)C(=O)NC(C(=O)N1CCC2C1C(C(=O)NC(C)c1ccccc1)CN2S(C)(=O)=O)C1CCCCC1. The van der Waals surface area contributed by atoms with Crippen molar-refractivity contribution in [2.24, 2.45) is 11.8 Å². The summed E-state index contributed by atoms with van der Waals surface area (Å²) in [7, 11) is -1.89. The maximum absolute atomic E-state index is 14.2. The molecule has 1 aliphatic carbocycles. The molecule has 1 aromatic rings. The van der Waals surface area contributed by atoms with Crippen LogP contribution < -0.4 is 16.0 Å². The molecule has 2 aliphatic heterocycles. The predicted molar refractivity (Wildman–Crippen MR) is 149 cm³/mol. The number of benzene rings is 1. The fourth-order valence-corrected chi connectivity index (χ4v) is 7.65. The van der Waals surface area contributed by atoms with Gasteiger partial charge < -0.3 is 20.9 Å². The number of rotatable bonds is 9. The smallest absolute Gasteiger partial charge is 0.245 e. The summed E-state index contributed by atoms with van der Waals surface area (Å²) in [5.74, 6) is -1.42. The number of amides is 3. The quantitative estimate of drug-likeness (QED) is 0.418. The normalized spacial score (nSPS) is 26.5. The number of sulfonamides is 1. The summed E-state index contributed by atoms with van der Waals surface area (Å²) >= 11 is 0. The Morgan fingerprint density at radius 3 is 2.26 bits per heavy atom. The summed E-state index contributed by atoms with van der Waals surface area (Å²) < 4.78 is 26.8. The van der Waals surface area contributed by atoms with E-state index in [1.54, 1.807) is 18.9 Å². The lowest BCUT2D eigenvalue weighted by Gasteiger charge is -2.36. The van der Waals surface area contributed by atoms with Crippen molar-refractivity contribution >= 4 is 27.7 Å². The second-order valence-corrected chi connectivity index (χ2v) is 13.3. The van der Waals surface area contributed by atoms with E-state index in [-0.39, 0.29) is 36.2 Å². The molecule has 10 nitrogen and oxygen atoms in total. The average molecular weight is 562 g/mol. The Hall–Kier alpha value is -2.50. The van der Waals surface area contributed by atoms with Gasteiger partial charge in [-0.05, 0) is 51.6 Å². The van der Waals surface area contributed by atoms with Crippen LogP contribution in [-0.2, 0) is 24.4 Å². The highest BCUT2D eigenvalue weighted by Crippen LogP contribution is 2.39. The summed E-state index contributed by atoms with van der Waals surface area (Å²) in [6.07, 6.45) is 6.43. The van der Waals surface area contributed by atoms with Crippen LogP contribution in [0.5, 0.6) is 0 Å². The molecule has 3 N–H and O–H groups in total. The minimum absolute atomic E-state index is 0.0103. The Morgan fingerprint density at radius 1 is 0.974 bits per heavy atom. The number of likely N-dealkylation sites (tertiary alicyclic amines) is 1. The molecule has 0 aromatic heterocycles. The van der Waals surface area contributed by atoms with E-state index in [1.807, 2.05) is 37.3 Å². The third-order valence-corrected chi connectivity index (χ3v) is 10.1. The molecule has 6 unspecified atom stereocenters. The van der Waals surface area contributed by atoms with Crippen molar-refractivity contribution in [3.05, 3.63) is 35.9 Å². The van der Waals surface area contributed by atoms with Crippen LogP contribution >= 0.6 is 0 Å². The summed E-state index contributed by atoms with van der Waals surface area (Å²) in [5.41, 5.74) is 0.943. The third-order valence-electron chi connectivity index (χ3n) is 8.79. The predicted octanol–water partition coefficient (Wildman–Crippen LogP) is 1.40. The van der Waals surface area contributed by atoms with Crippen LogP contribution in [0.3, 0.4) is 0 Å². The van der Waals surface area contributed by atoms with Gasteiger partial charge in [-0.3, -0.25) is 14.4 Å². The van der Waals surface area contributed by atoms with Crippen molar-refractivity contribution in [3.8, 4) is 0 Å². The maximum atomic E-state index is 14.2. The molecule has 39 heavy (non-hydrogen) atoms. The number of hydrogen-bond acceptors (Lipinski definition) is 6. The zero-order valence-corrected chi connectivity index (χ0v) is 24.2. The third kappa shape index (κ3) is 6.47. The van der Waals surface area contributed by atoms with E-state index in [1.165, 1.54) is 4.31 Å². The van der Waals surface area contributed by atoms with E-state index < -0.39 is 40.1 Å². The van der Waals surface area contributed by atoms with Gasteiger partial charge in [-0.25, -0.2) is 8.42 Å². The van der Waals surface area contributed by atoms with Gasteiger partial charge in [0.1, 0.15) is 6.04 Å². The second kappa shape index (κ2) is 12.3. The van der Waals surface area contributed by atoms with E-state index >= 15 is 0 Å². The zero-order chi connectivity index (χ0) is 28.3. The number of nitrogens with zero attached hydrogens (tertiary/aromatic N) is 2. The van der Waals surface area contributed by atoms with Crippen LogP contribution in [0.4, 0.5) is 0 Å². The van der Waals surface area contributed by atoms with Gasteiger partial charge in [0, 0.05) is 19.1 Å². The van der Waals surface area contributed by atoms with Crippen LogP contribution in [0.2, 0.25) is 0 Å². The van der Waals surface area contributed by atoms with Crippen molar-refractivity contribution in [2.45, 2.75) is 82.6 Å². The molecule has 0 bridgehead atoms. The van der Waals surface area contributed by atoms with Crippen molar-refractivity contribution in [2.75, 3.05) is 26.4 Å². The molecule has 4 rings (SSSR count). The topological polar surface area (TPSA) is 128 Å².